The number of carbonyl (C=O) groups excluding carboxylic acids is 4. The zero-order chi connectivity index (χ0) is 33.0. The van der Waals surface area contributed by atoms with Crippen molar-refractivity contribution in [3.63, 3.8) is 0 Å². The highest BCUT2D eigenvalue weighted by atomic mass is 16.7. The van der Waals surface area contributed by atoms with Crippen LogP contribution in [-0.2, 0) is 35.1 Å². The molecule has 45 heavy (non-hydrogen) atoms. The smallest absolute Gasteiger partial charge is 0.243 e. The van der Waals surface area contributed by atoms with Gasteiger partial charge < -0.3 is 46.1 Å². The average molecular weight is 635 g/mol. The molecular formula is C32H50N4O9. The van der Waals surface area contributed by atoms with Gasteiger partial charge in [-0.15, -0.1) is 0 Å². The number of benzene rings is 1. The minimum atomic E-state index is -1.36. The van der Waals surface area contributed by atoms with Crippen molar-refractivity contribution < 1.29 is 44.0 Å². The number of hydrogen-bond acceptors (Lipinski definition) is 9. The fourth-order valence-electron chi connectivity index (χ4n) is 4.92. The van der Waals surface area contributed by atoms with Crippen molar-refractivity contribution in [1.82, 2.24) is 21.3 Å². The van der Waals surface area contributed by atoms with Gasteiger partial charge in [-0.2, -0.15) is 0 Å². The Kier molecular flexibility index (Phi) is 18.0. The molecular weight excluding hydrogens is 584 g/mol. The van der Waals surface area contributed by atoms with Crippen molar-refractivity contribution in [3.8, 4) is 0 Å². The van der Waals surface area contributed by atoms with E-state index in [1.807, 2.05) is 30.3 Å². The summed E-state index contributed by atoms with van der Waals surface area (Å²) in [7, 11) is 0. The van der Waals surface area contributed by atoms with E-state index in [0.717, 1.165) is 31.2 Å². The van der Waals surface area contributed by atoms with Crippen molar-refractivity contribution in [2.45, 2.75) is 101 Å². The molecule has 0 spiro atoms. The van der Waals surface area contributed by atoms with Crippen molar-refractivity contribution in [3.05, 3.63) is 48.6 Å². The van der Waals surface area contributed by atoms with Crippen LogP contribution in [0, 0.1) is 0 Å². The fraction of sp³-hybridized carbons (Fsp3) is 0.625. The summed E-state index contributed by atoms with van der Waals surface area (Å²) in [6, 6.07) is 7.81. The molecule has 1 aromatic carbocycles. The highest BCUT2D eigenvalue weighted by Crippen LogP contribution is 2.22. The van der Waals surface area contributed by atoms with Gasteiger partial charge in [0.1, 0.15) is 30.4 Å². The number of hydrogen-bond donors (Lipinski definition) is 7. The van der Waals surface area contributed by atoms with Gasteiger partial charge in [0.25, 0.3) is 0 Å². The molecule has 1 heterocycles. The van der Waals surface area contributed by atoms with E-state index in [1.54, 1.807) is 0 Å². The van der Waals surface area contributed by atoms with Crippen molar-refractivity contribution >= 4 is 23.6 Å². The molecule has 0 aliphatic carbocycles. The Labute approximate surface area is 265 Å². The largest absolute Gasteiger partial charge is 0.394 e. The van der Waals surface area contributed by atoms with Crippen LogP contribution in [-0.4, -0.2) is 102 Å². The third kappa shape index (κ3) is 14.5. The second-order valence-corrected chi connectivity index (χ2v) is 11.1. The average Bonchev–Trinajstić information content (AvgIpc) is 3.02. The van der Waals surface area contributed by atoms with Gasteiger partial charge in [0.05, 0.1) is 6.61 Å². The standard InChI is InChI=1S/C32H50N4O9/c1-3-26(39)33-17-12-7-10-16-27(40)36-24(20-23-14-8-6-9-15-23)31(43)34-18-11-4-5-13-19-44-32-28(35-22(2)38)30(42)29(41)25(21-37)45-32/h3,6,8-9,14-15,24-25,28-30,32,37,41-42H,1,4-5,7,10-13,16-21H2,2H3,(H,33,39)(H,34,43)(H,35,38)(H,36,40)/t24-,25?,28?,29+,30?,32+/m0/s1. The molecule has 1 saturated heterocycles. The van der Waals surface area contributed by atoms with Gasteiger partial charge in [-0.3, -0.25) is 19.2 Å². The lowest BCUT2D eigenvalue weighted by molar-refractivity contribution is -0.270. The van der Waals surface area contributed by atoms with Crippen LogP contribution in [0.3, 0.4) is 0 Å². The minimum absolute atomic E-state index is 0.198. The van der Waals surface area contributed by atoms with Crippen LogP contribution < -0.4 is 21.3 Å². The Hall–Kier alpha value is -3.36. The van der Waals surface area contributed by atoms with Gasteiger partial charge in [-0.05, 0) is 37.3 Å². The molecule has 0 bridgehead atoms. The molecule has 1 fully saturated rings. The van der Waals surface area contributed by atoms with Crippen LogP contribution in [0.15, 0.2) is 43.0 Å². The molecule has 0 radical (unpaired) electrons. The van der Waals surface area contributed by atoms with Crippen molar-refractivity contribution in [2.75, 3.05) is 26.3 Å². The van der Waals surface area contributed by atoms with Crippen molar-refractivity contribution in [2.24, 2.45) is 0 Å². The van der Waals surface area contributed by atoms with E-state index in [4.69, 9.17) is 9.47 Å². The summed E-state index contributed by atoms with van der Waals surface area (Å²) < 4.78 is 11.3. The molecule has 252 valence electrons. The van der Waals surface area contributed by atoms with E-state index in [2.05, 4.69) is 27.8 Å². The second-order valence-electron chi connectivity index (χ2n) is 11.1. The van der Waals surface area contributed by atoms with Crippen molar-refractivity contribution in [1.29, 1.82) is 0 Å². The Morgan fingerprint density at radius 3 is 2.29 bits per heavy atom. The van der Waals surface area contributed by atoms with Gasteiger partial charge in [0, 0.05) is 39.5 Å². The van der Waals surface area contributed by atoms with Gasteiger partial charge in [0.2, 0.25) is 23.6 Å². The summed E-state index contributed by atoms with van der Waals surface area (Å²) in [5, 5.41) is 40.9. The molecule has 1 aromatic rings. The van der Waals surface area contributed by atoms with E-state index in [1.165, 1.54) is 13.0 Å². The number of carbonyl (C=O) groups is 4. The maximum absolute atomic E-state index is 13.0. The Bertz CT molecular complexity index is 1060. The minimum Gasteiger partial charge on any atom is -0.394 e. The first-order valence-electron chi connectivity index (χ1n) is 15.7. The number of unbranched alkanes of at least 4 members (excludes halogenated alkanes) is 5. The summed E-state index contributed by atoms with van der Waals surface area (Å²) in [6.45, 7) is 5.41. The number of rotatable bonds is 21. The van der Waals surface area contributed by atoms with Gasteiger partial charge in [-0.25, -0.2) is 0 Å². The maximum Gasteiger partial charge on any atom is 0.243 e. The number of ether oxygens (including phenoxy) is 2. The summed E-state index contributed by atoms with van der Waals surface area (Å²) >= 11 is 0. The van der Waals surface area contributed by atoms with Crippen LogP contribution in [0.2, 0.25) is 0 Å². The van der Waals surface area contributed by atoms with E-state index in [-0.39, 0.29) is 30.7 Å². The van der Waals surface area contributed by atoms with E-state index >= 15 is 0 Å². The topological polar surface area (TPSA) is 196 Å². The highest BCUT2D eigenvalue weighted by Gasteiger charge is 2.45. The van der Waals surface area contributed by atoms with E-state index < -0.39 is 49.2 Å². The summed E-state index contributed by atoms with van der Waals surface area (Å²) in [6.07, 6.45) is 2.20. The molecule has 6 atom stereocenters. The lowest BCUT2D eigenvalue weighted by atomic mass is 9.97. The summed E-state index contributed by atoms with van der Waals surface area (Å²) in [5.74, 6) is -1.08. The second kappa shape index (κ2) is 21.4. The molecule has 7 N–H and O–H groups in total. The quantitative estimate of drug-likeness (QED) is 0.0731. The third-order valence-electron chi connectivity index (χ3n) is 7.40. The monoisotopic (exact) mass is 634 g/mol. The molecule has 4 amide bonds. The predicted molar refractivity (Wildman–Crippen MR) is 167 cm³/mol. The van der Waals surface area contributed by atoms with Crippen LogP contribution in [0.4, 0.5) is 0 Å². The van der Waals surface area contributed by atoms with Gasteiger partial charge >= 0.3 is 0 Å². The molecule has 13 nitrogen and oxygen atoms in total. The number of aliphatic hydroxyl groups is 3. The van der Waals surface area contributed by atoms with Crippen LogP contribution >= 0.6 is 0 Å². The molecule has 13 heteroatoms. The number of amides is 4. The predicted octanol–water partition coefficient (Wildman–Crippen LogP) is 0.213. The number of nitrogens with one attached hydrogen (secondary N) is 4. The van der Waals surface area contributed by atoms with Crippen LogP contribution in [0.1, 0.15) is 63.9 Å². The van der Waals surface area contributed by atoms with E-state index in [9.17, 15) is 34.5 Å². The lowest BCUT2D eigenvalue weighted by Gasteiger charge is -2.42. The zero-order valence-corrected chi connectivity index (χ0v) is 26.1. The summed E-state index contributed by atoms with van der Waals surface area (Å²) in [5.41, 5.74) is 0.936. The van der Waals surface area contributed by atoms with E-state index in [0.29, 0.717) is 38.8 Å². The molecule has 3 unspecified atom stereocenters. The maximum atomic E-state index is 13.0. The third-order valence-corrected chi connectivity index (χ3v) is 7.40. The van der Waals surface area contributed by atoms with Gasteiger partial charge in [0.15, 0.2) is 6.29 Å². The molecule has 0 aromatic heterocycles. The van der Waals surface area contributed by atoms with Crippen LogP contribution in [0.5, 0.6) is 0 Å². The van der Waals surface area contributed by atoms with Crippen LogP contribution in [0.25, 0.3) is 0 Å². The number of aliphatic hydroxyl groups excluding tert-OH is 3. The first kappa shape index (κ1) is 37.8. The zero-order valence-electron chi connectivity index (χ0n) is 26.1. The first-order chi connectivity index (χ1) is 21.7. The normalized spacial score (nSPS) is 21.7. The molecule has 1 aliphatic heterocycles. The molecule has 1 aliphatic rings. The highest BCUT2D eigenvalue weighted by molar-refractivity contribution is 5.88. The Balaban J connectivity index is 1.71. The summed E-state index contributed by atoms with van der Waals surface area (Å²) in [4.78, 5) is 48.4. The molecule has 0 saturated carbocycles. The SMILES string of the molecule is C=CC(=O)NCCCCCC(=O)N[C@@H](Cc1ccccc1)C(=O)NCCCCCCO[C@@H]1OC(CO)[C@@H](O)C(O)C1NC(C)=O. The Morgan fingerprint density at radius 2 is 1.62 bits per heavy atom. The van der Waals surface area contributed by atoms with Gasteiger partial charge in [-0.1, -0.05) is 56.2 Å². The first-order valence-corrected chi connectivity index (χ1v) is 15.7. The Morgan fingerprint density at radius 1 is 0.956 bits per heavy atom. The fourth-order valence-corrected chi connectivity index (χ4v) is 4.92. The lowest BCUT2D eigenvalue weighted by Crippen LogP contribution is -2.64. The molecule has 2 rings (SSSR count).